The fourth-order valence-corrected chi connectivity index (χ4v) is 2.70. The molecule has 0 aromatic heterocycles. The maximum Gasteiger partial charge on any atom is 0.324 e. The van der Waals surface area contributed by atoms with Gasteiger partial charge < -0.3 is 10.6 Å². The van der Waals surface area contributed by atoms with E-state index in [1.165, 1.54) is 5.56 Å². The summed E-state index contributed by atoms with van der Waals surface area (Å²) in [5, 5.41) is 0. The highest BCUT2D eigenvalue weighted by Gasteiger charge is 2.29. The van der Waals surface area contributed by atoms with Crippen LogP contribution in [0.3, 0.4) is 0 Å². The van der Waals surface area contributed by atoms with Gasteiger partial charge in [0.15, 0.2) is 0 Å². The summed E-state index contributed by atoms with van der Waals surface area (Å²) >= 11 is 0. The van der Waals surface area contributed by atoms with Crippen LogP contribution in [0.1, 0.15) is 18.4 Å². The molecule has 2 heterocycles. The molecule has 4 nitrogen and oxygen atoms in total. The van der Waals surface area contributed by atoms with E-state index in [2.05, 4.69) is 0 Å². The number of carbonyl (C=O) groups is 1. The van der Waals surface area contributed by atoms with Gasteiger partial charge in [-0.3, -0.25) is 4.90 Å². The maximum atomic E-state index is 12.3. The first kappa shape index (κ1) is 10.4. The molecule has 2 aliphatic rings. The highest BCUT2D eigenvalue weighted by atomic mass is 16.2. The number of amides is 2. The lowest BCUT2D eigenvalue weighted by Crippen LogP contribution is -2.40. The minimum absolute atomic E-state index is 0.158. The molecular weight excluding hydrogens is 214 g/mol. The molecule has 1 fully saturated rings. The van der Waals surface area contributed by atoms with Crippen molar-refractivity contribution in [2.45, 2.75) is 19.3 Å². The standard InChI is InChI=1S/C13H17N3O/c14-11-3-4-12-10(9-11)5-8-16(12)13(17)15-6-1-2-7-15/h3-4,9H,1-2,5-8,14H2. The molecule has 0 spiro atoms. The van der Waals surface area contributed by atoms with E-state index in [1.54, 1.807) is 0 Å². The molecule has 3 rings (SSSR count). The third-order valence-electron chi connectivity index (χ3n) is 3.61. The van der Waals surface area contributed by atoms with Gasteiger partial charge in [-0.2, -0.15) is 0 Å². The zero-order chi connectivity index (χ0) is 11.8. The van der Waals surface area contributed by atoms with Crippen LogP contribution in [0.5, 0.6) is 0 Å². The highest BCUT2D eigenvalue weighted by Crippen LogP contribution is 2.30. The number of hydrogen-bond acceptors (Lipinski definition) is 2. The second-order valence-corrected chi connectivity index (χ2v) is 4.77. The lowest BCUT2D eigenvalue weighted by molar-refractivity contribution is 0.216. The van der Waals surface area contributed by atoms with Crippen LogP contribution in [0.15, 0.2) is 18.2 Å². The van der Waals surface area contributed by atoms with Crippen molar-refractivity contribution >= 4 is 17.4 Å². The predicted octanol–water partition coefficient (Wildman–Crippen LogP) is 1.85. The van der Waals surface area contributed by atoms with Gasteiger partial charge in [0.2, 0.25) is 0 Å². The van der Waals surface area contributed by atoms with Crippen LogP contribution in [-0.4, -0.2) is 30.6 Å². The maximum absolute atomic E-state index is 12.3. The molecule has 0 unspecified atom stereocenters. The Kier molecular flexibility index (Phi) is 2.42. The zero-order valence-electron chi connectivity index (χ0n) is 9.85. The van der Waals surface area contributed by atoms with Crippen LogP contribution in [0, 0.1) is 0 Å². The van der Waals surface area contributed by atoms with Crippen molar-refractivity contribution in [3.63, 3.8) is 0 Å². The molecule has 0 radical (unpaired) electrons. The van der Waals surface area contributed by atoms with Gasteiger partial charge in [-0.15, -0.1) is 0 Å². The number of benzene rings is 1. The summed E-state index contributed by atoms with van der Waals surface area (Å²) in [5.41, 5.74) is 8.77. The number of rotatable bonds is 0. The van der Waals surface area contributed by atoms with E-state index < -0.39 is 0 Å². The minimum Gasteiger partial charge on any atom is -0.399 e. The molecule has 1 saturated heterocycles. The van der Waals surface area contributed by atoms with Crippen molar-refractivity contribution in [3.05, 3.63) is 23.8 Å². The van der Waals surface area contributed by atoms with Gasteiger partial charge in [0.05, 0.1) is 0 Å². The topological polar surface area (TPSA) is 49.6 Å². The summed E-state index contributed by atoms with van der Waals surface area (Å²) in [7, 11) is 0. The number of urea groups is 1. The number of nitrogens with zero attached hydrogens (tertiary/aromatic N) is 2. The van der Waals surface area contributed by atoms with E-state index in [-0.39, 0.29) is 6.03 Å². The van der Waals surface area contributed by atoms with Gasteiger partial charge >= 0.3 is 6.03 Å². The van der Waals surface area contributed by atoms with Crippen molar-refractivity contribution in [1.29, 1.82) is 0 Å². The number of anilines is 2. The lowest BCUT2D eigenvalue weighted by Gasteiger charge is -2.24. The predicted molar refractivity (Wildman–Crippen MR) is 68.1 cm³/mol. The van der Waals surface area contributed by atoms with E-state index in [4.69, 9.17) is 5.73 Å². The van der Waals surface area contributed by atoms with Crippen molar-refractivity contribution < 1.29 is 4.79 Å². The number of hydrogen-bond donors (Lipinski definition) is 1. The van der Waals surface area contributed by atoms with Crippen LogP contribution >= 0.6 is 0 Å². The van der Waals surface area contributed by atoms with E-state index in [0.29, 0.717) is 0 Å². The first-order chi connectivity index (χ1) is 8.25. The van der Waals surface area contributed by atoms with E-state index in [9.17, 15) is 4.79 Å². The average Bonchev–Trinajstić information content (AvgIpc) is 2.96. The summed E-state index contributed by atoms with van der Waals surface area (Å²) in [5.74, 6) is 0. The Morgan fingerprint density at radius 2 is 1.94 bits per heavy atom. The van der Waals surface area contributed by atoms with Crippen molar-refractivity contribution in [1.82, 2.24) is 4.90 Å². The first-order valence-electron chi connectivity index (χ1n) is 6.20. The Balaban J connectivity index is 1.85. The van der Waals surface area contributed by atoms with Gasteiger partial charge in [-0.1, -0.05) is 0 Å². The molecule has 4 heteroatoms. The first-order valence-corrected chi connectivity index (χ1v) is 6.20. The van der Waals surface area contributed by atoms with Gasteiger partial charge in [0.25, 0.3) is 0 Å². The molecule has 1 aromatic rings. The molecule has 0 aliphatic carbocycles. The van der Waals surface area contributed by atoms with Crippen LogP contribution in [0.2, 0.25) is 0 Å². The van der Waals surface area contributed by atoms with Gasteiger partial charge in [0.1, 0.15) is 0 Å². The molecule has 2 N–H and O–H groups in total. The number of likely N-dealkylation sites (tertiary alicyclic amines) is 1. The quantitative estimate of drug-likeness (QED) is 0.693. The minimum atomic E-state index is 0.158. The molecule has 0 saturated carbocycles. The second kappa shape index (κ2) is 3.95. The van der Waals surface area contributed by atoms with Crippen molar-refractivity contribution in [2.24, 2.45) is 0 Å². The Morgan fingerprint density at radius 3 is 2.71 bits per heavy atom. The average molecular weight is 231 g/mol. The fraction of sp³-hybridized carbons (Fsp3) is 0.462. The van der Waals surface area contributed by atoms with E-state index in [0.717, 1.165) is 50.3 Å². The Bertz CT molecular complexity index is 452. The van der Waals surface area contributed by atoms with Crippen molar-refractivity contribution in [3.8, 4) is 0 Å². The summed E-state index contributed by atoms with van der Waals surface area (Å²) in [6, 6.07) is 5.97. The van der Waals surface area contributed by atoms with E-state index >= 15 is 0 Å². The number of nitrogen functional groups attached to an aromatic ring is 1. The molecular formula is C13H17N3O. The van der Waals surface area contributed by atoms with Crippen molar-refractivity contribution in [2.75, 3.05) is 30.3 Å². The Labute approximate surface area is 101 Å². The smallest absolute Gasteiger partial charge is 0.324 e. The Morgan fingerprint density at radius 1 is 1.18 bits per heavy atom. The summed E-state index contributed by atoms with van der Waals surface area (Å²) in [6.45, 7) is 2.59. The second-order valence-electron chi connectivity index (χ2n) is 4.77. The molecule has 17 heavy (non-hydrogen) atoms. The summed E-state index contributed by atoms with van der Waals surface area (Å²) in [4.78, 5) is 16.2. The van der Waals surface area contributed by atoms with Crippen LogP contribution in [0.25, 0.3) is 0 Å². The monoisotopic (exact) mass is 231 g/mol. The highest BCUT2D eigenvalue weighted by molar-refractivity contribution is 5.94. The Hall–Kier alpha value is -1.71. The largest absolute Gasteiger partial charge is 0.399 e. The normalized spacial score (nSPS) is 18.6. The third kappa shape index (κ3) is 1.73. The van der Waals surface area contributed by atoms with Gasteiger partial charge in [-0.25, -0.2) is 4.79 Å². The molecule has 2 amide bonds. The van der Waals surface area contributed by atoms with Crippen LogP contribution in [-0.2, 0) is 6.42 Å². The van der Waals surface area contributed by atoms with E-state index in [1.807, 2.05) is 28.0 Å². The van der Waals surface area contributed by atoms with Gasteiger partial charge in [-0.05, 0) is 43.0 Å². The number of fused-ring (bicyclic) bond motifs is 1. The summed E-state index contributed by atoms with van der Waals surface area (Å²) < 4.78 is 0. The summed E-state index contributed by atoms with van der Waals surface area (Å²) in [6.07, 6.45) is 3.18. The molecule has 0 atom stereocenters. The van der Waals surface area contributed by atoms with Crippen LogP contribution < -0.4 is 10.6 Å². The third-order valence-corrected chi connectivity index (χ3v) is 3.61. The molecule has 0 bridgehead atoms. The molecule has 1 aromatic carbocycles. The molecule has 90 valence electrons. The van der Waals surface area contributed by atoms with Gasteiger partial charge in [0, 0.05) is 31.0 Å². The lowest BCUT2D eigenvalue weighted by atomic mass is 10.1. The molecule has 2 aliphatic heterocycles. The fourth-order valence-electron chi connectivity index (χ4n) is 2.70. The zero-order valence-corrected chi connectivity index (χ0v) is 9.85. The van der Waals surface area contributed by atoms with Crippen LogP contribution in [0.4, 0.5) is 16.2 Å². The number of carbonyl (C=O) groups excluding carboxylic acids is 1. The SMILES string of the molecule is Nc1ccc2c(c1)CCN2C(=O)N1CCCC1. The number of nitrogens with two attached hydrogens (primary N) is 1.